The van der Waals surface area contributed by atoms with Crippen LogP contribution in [-0.2, 0) is 6.42 Å². The molecule has 0 saturated heterocycles. The molecular weight excluding hydrogens is 512 g/mol. The van der Waals surface area contributed by atoms with E-state index in [1.165, 1.54) is 13.2 Å². The third-order valence-corrected chi connectivity index (χ3v) is 6.86. The number of ketones is 1. The molecule has 39 heavy (non-hydrogen) atoms. The van der Waals surface area contributed by atoms with Crippen LogP contribution in [0.4, 0.5) is 23.2 Å². The smallest absolute Gasteiger partial charge is 0.390 e. The number of rotatable bonds is 10. The van der Waals surface area contributed by atoms with Crippen molar-refractivity contribution in [2.75, 3.05) is 19.0 Å². The Morgan fingerprint density at radius 3 is 2.67 bits per heavy atom. The lowest BCUT2D eigenvalue weighted by Crippen LogP contribution is -2.15. The molecule has 6 nitrogen and oxygen atoms in total. The number of Topliss-reactive ketones (excluding diaryl/α,β-unsaturated/α-hetero) is 1. The van der Waals surface area contributed by atoms with Crippen molar-refractivity contribution in [3.8, 4) is 17.0 Å². The highest BCUT2D eigenvalue weighted by Gasteiger charge is 2.27. The number of imidazole rings is 1. The zero-order chi connectivity index (χ0) is 27.7. The summed E-state index contributed by atoms with van der Waals surface area (Å²) in [5.74, 6) is 0.173. The van der Waals surface area contributed by atoms with Crippen molar-refractivity contribution in [1.82, 2.24) is 14.6 Å². The molecule has 1 aliphatic rings. The highest BCUT2D eigenvalue weighted by molar-refractivity contribution is 5.98. The summed E-state index contributed by atoms with van der Waals surface area (Å²) in [6.45, 7) is 1.54. The van der Waals surface area contributed by atoms with Crippen molar-refractivity contribution < 1.29 is 27.1 Å². The maximum Gasteiger partial charge on any atom is 0.390 e. The second-order valence-electron chi connectivity index (χ2n) is 9.93. The lowest BCUT2D eigenvalue weighted by atomic mass is 9.98. The van der Waals surface area contributed by atoms with Crippen molar-refractivity contribution in [2.24, 2.45) is 5.92 Å². The molecule has 204 valence electrons. The predicted molar refractivity (Wildman–Crippen MR) is 140 cm³/mol. The summed E-state index contributed by atoms with van der Waals surface area (Å²) in [5.41, 5.74) is 4.64. The standard InChI is InChI=1S/C29H28F4N4O2/c1-17-12-19(8-9-22(17)26(38)13-18-6-7-18)25-16-35-28-24(34-11-10-29(31,32)33)15-21(36-37(25)28)14-20-4-3-5-23(30)27(20)39-2/h3-5,8-9,12,15-16,18,34H,6-7,10-11,13-14H2,1-2H3. The predicted octanol–water partition coefficient (Wildman–Crippen LogP) is 6.79. The van der Waals surface area contributed by atoms with Crippen LogP contribution in [0.2, 0.25) is 0 Å². The van der Waals surface area contributed by atoms with Gasteiger partial charge in [-0.25, -0.2) is 13.9 Å². The SMILES string of the molecule is COc1c(F)cccc1Cc1cc(NCCC(F)(F)F)c2ncc(-c3ccc(C(=O)CC4CC4)c(C)c3)n2n1. The van der Waals surface area contributed by atoms with E-state index in [9.17, 15) is 22.4 Å². The first-order valence-corrected chi connectivity index (χ1v) is 12.8. The zero-order valence-corrected chi connectivity index (χ0v) is 21.6. The summed E-state index contributed by atoms with van der Waals surface area (Å²) in [6.07, 6.45) is -0.806. The molecule has 0 bridgehead atoms. The van der Waals surface area contributed by atoms with E-state index in [2.05, 4.69) is 10.3 Å². The van der Waals surface area contributed by atoms with Crippen LogP contribution < -0.4 is 10.1 Å². The van der Waals surface area contributed by atoms with E-state index in [1.54, 1.807) is 35.0 Å². The third kappa shape index (κ3) is 6.05. The number of hydrogen-bond donors (Lipinski definition) is 1. The van der Waals surface area contributed by atoms with E-state index >= 15 is 0 Å². The van der Waals surface area contributed by atoms with Crippen LogP contribution in [0, 0.1) is 18.7 Å². The summed E-state index contributed by atoms with van der Waals surface area (Å²) >= 11 is 0. The number of aryl methyl sites for hydroxylation is 1. The van der Waals surface area contributed by atoms with Gasteiger partial charge in [-0.05, 0) is 49.4 Å². The van der Waals surface area contributed by atoms with Crippen molar-refractivity contribution in [3.05, 3.63) is 76.9 Å². The molecule has 1 aliphatic carbocycles. The number of fused-ring (bicyclic) bond motifs is 1. The third-order valence-electron chi connectivity index (χ3n) is 6.86. The van der Waals surface area contributed by atoms with Gasteiger partial charge in [0.25, 0.3) is 0 Å². The average Bonchev–Trinajstić information content (AvgIpc) is 3.58. The fourth-order valence-corrected chi connectivity index (χ4v) is 4.72. The van der Waals surface area contributed by atoms with Crippen LogP contribution in [0.3, 0.4) is 0 Å². The number of aromatic nitrogens is 3. The van der Waals surface area contributed by atoms with Gasteiger partial charge in [-0.15, -0.1) is 0 Å². The minimum Gasteiger partial charge on any atom is -0.493 e. The van der Waals surface area contributed by atoms with Gasteiger partial charge in [0.2, 0.25) is 0 Å². The monoisotopic (exact) mass is 540 g/mol. The van der Waals surface area contributed by atoms with Crippen molar-refractivity contribution >= 4 is 17.1 Å². The van der Waals surface area contributed by atoms with E-state index in [4.69, 9.17) is 9.84 Å². The number of ether oxygens (including phenoxy) is 1. The number of methoxy groups -OCH3 is 1. The molecule has 4 aromatic rings. The normalized spacial score (nSPS) is 13.6. The molecule has 1 N–H and O–H groups in total. The Hall–Kier alpha value is -3.95. The van der Waals surface area contributed by atoms with Gasteiger partial charge in [0.05, 0.1) is 36.8 Å². The van der Waals surface area contributed by atoms with Gasteiger partial charge in [0.15, 0.2) is 23.0 Å². The Labute approximate surface area is 223 Å². The Kier molecular flexibility index (Phi) is 7.29. The quantitative estimate of drug-likeness (QED) is 0.177. The molecule has 1 fully saturated rings. The molecule has 0 radical (unpaired) electrons. The topological polar surface area (TPSA) is 68.5 Å². The number of halogens is 4. The lowest BCUT2D eigenvalue weighted by Gasteiger charge is -2.14. The fourth-order valence-electron chi connectivity index (χ4n) is 4.72. The van der Waals surface area contributed by atoms with Gasteiger partial charge < -0.3 is 10.1 Å². The van der Waals surface area contributed by atoms with E-state index in [-0.39, 0.29) is 24.5 Å². The molecular formula is C29H28F4N4O2. The summed E-state index contributed by atoms with van der Waals surface area (Å²) in [6, 6.07) is 11.7. The largest absolute Gasteiger partial charge is 0.493 e. The highest BCUT2D eigenvalue weighted by Crippen LogP contribution is 2.35. The minimum absolute atomic E-state index is 0.0823. The molecule has 2 heterocycles. The number of para-hydroxylation sites is 1. The number of nitrogens with zero attached hydrogens (tertiary/aromatic N) is 3. The lowest BCUT2D eigenvalue weighted by molar-refractivity contribution is -0.131. The second-order valence-corrected chi connectivity index (χ2v) is 9.93. The number of carbonyl (C=O) groups excluding carboxylic acids is 1. The Balaban J connectivity index is 1.53. The van der Waals surface area contributed by atoms with Gasteiger partial charge in [0.1, 0.15) is 0 Å². The zero-order valence-electron chi connectivity index (χ0n) is 21.6. The van der Waals surface area contributed by atoms with Crippen molar-refractivity contribution in [3.63, 3.8) is 0 Å². The molecule has 0 atom stereocenters. The van der Waals surface area contributed by atoms with Crippen LogP contribution in [-0.4, -0.2) is 40.2 Å². The Bertz CT molecular complexity index is 1530. The Morgan fingerprint density at radius 2 is 1.97 bits per heavy atom. The summed E-state index contributed by atoms with van der Waals surface area (Å²) in [5, 5.41) is 7.55. The van der Waals surface area contributed by atoms with Crippen LogP contribution in [0.15, 0.2) is 48.7 Å². The second kappa shape index (κ2) is 10.7. The van der Waals surface area contributed by atoms with Gasteiger partial charge in [0, 0.05) is 36.1 Å². The van der Waals surface area contributed by atoms with Gasteiger partial charge in [-0.1, -0.05) is 24.3 Å². The van der Waals surface area contributed by atoms with Crippen molar-refractivity contribution in [2.45, 2.75) is 45.2 Å². The highest BCUT2D eigenvalue weighted by atomic mass is 19.4. The number of anilines is 1. The number of hydrogen-bond acceptors (Lipinski definition) is 5. The van der Waals surface area contributed by atoms with E-state index < -0.39 is 18.4 Å². The summed E-state index contributed by atoms with van der Waals surface area (Å²) < 4.78 is 59.6. The molecule has 2 aromatic heterocycles. The van der Waals surface area contributed by atoms with Gasteiger partial charge >= 0.3 is 6.18 Å². The Morgan fingerprint density at radius 1 is 1.18 bits per heavy atom. The minimum atomic E-state index is -4.31. The summed E-state index contributed by atoms with van der Waals surface area (Å²) in [4.78, 5) is 17.1. The maximum atomic E-state index is 14.3. The van der Waals surface area contributed by atoms with E-state index in [1.807, 2.05) is 19.1 Å². The van der Waals surface area contributed by atoms with Crippen LogP contribution in [0.1, 0.15) is 52.9 Å². The van der Waals surface area contributed by atoms with Crippen LogP contribution >= 0.6 is 0 Å². The first-order chi connectivity index (χ1) is 18.6. The first-order valence-electron chi connectivity index (χ1n) is 12.8. The maximum absolute atomic E-state index is 14.3. The molecule has 0 aliphatic heterocycles. The number of nitrogens with one attached hydrogen (secondary N) is 1. The number of alkyl halides is 3. The summed E-state index contributed by atoms with van der Waals surface area (Å²) in [7, 11) is 1.37. The molecule has 1 saturated carbocycles. The number of benzene rings is 2. The molecule has 2 aromatic carbocycles. The average molecular weight is 541 g/mol. The van der Waals surface area contributed by atoms with E-state index in [0.29, 0.717) is 46.2 Å². The fraction of sp³-hybridized carbons (Fsp3) is 0.345. The van der Waals surface area contributed by atoms with Crippen LogP contribution in [0.25, 0.3) is 16.9 Å². The number of carbonyl (C=O) groups is 1. The molecule has 5 rings (SSSR count). The van der Waals surface area contributed by atoms with Gasteiger partial charge in [-0.2, -0.15) is 18.3 Å². The molecule has 0 spiro atoms. The molecule has 0 unspecified atom stereocenters. The van der Waals surface area contributed by atoms with Crippen LogP contribution in [0.5, 0.6) is 5.75 Å². The molecule has 0 amide bonds. The van der Waals surface area contributed by atoms with E-state index in [0.717, 1.165) is 24.0 Å². The van der Waals surface area contributed by atoms with Crippen molar-refractivity contribution in [1.29, 1.82) is 0 Å². The van der Waals surface area contributed by atoms with Gasteiger partial charge in [-0.3, -0.25) is 4.79 Å². The molecule has 10 heteroatoms. The first kappa shape index (κ1) is 26.6.